The third-order valence-electron chi connectivity index (χ3n) is 5.78. The fourth-order valence-corrected chi connectivity index (χ4v) is 6.02. The van der Waals surface area contributed by atoms with Crippen LogP contribution in [0.25, 0.3) is 0 Å². The Balaban J connectivity index is 1.43. The van der Waals surface area contributed by atoms with E-state index >= 15 is 0 Å². The van der Waals surface area contributed by atoms with Gasteiger partial charge in [-0.05, 0) is 43.2 Å². The molecule has 0 N–H and O–H groups in total. The predicted molar refractivity (Wildman–Crippen MR) is 121 cm³/mol. The minimum Gasteiger partial charge on any atom is -0.460 e. The maximum atomic E-state index is 13.1. The molecule has 2 aliphatic heterocycles. The summed E-state index contributed by atoms with van der Waals surface area (Å²) in [7, 11) is -3.85. The van der Waals surface area contributed by atoms with Crippen molar-refractivity contribution in [2.24, 2.45) is 0 Å². The fraction of sp³-hybridized carbons (Fsp3) is 0.348. The number of fused-ring (bicyclic) bond motifs is 1. The second kappa shape index (κ2) is 9.62. The van der Waals surface area contributed by atoms with Crippen LogP contribution in [0.15, 0.2) is 47.4 Å². The lowest BCUT2D eigenvalue weighted by molar-refractivity contribution is 0.0420. The van der Waals surface area contributed by atoms with Crippen LogP contribution in [0.1, 0.15) is 56.8 Å². The van der Waals surface area contributed by atoms with Crippen LogP contribution in [-0.2, 0) is 14.8 Å². The van der Waals surface area contributed by atoms with Gasteiger partial charge in [-0.1, -0.05) is 36.6 Å². The number of esters is 1. The van der Waals surface area contributed by atoms with Crippen LogP contribution in [0.2, 0.25) is 5.02 Å². The first-order valence-electron chi connectivity index (χ1n) is 10.7. The topological polar surface area (TPSA) is 101 Å². The summed E-state index contributed by atoms with van der Waals surface area (Å²) < 4.78 is 32.8. The van der Waals surface area contributed by atoms with E-state index in [1.54, 1.807) is 24.3 Å². The zero-order valence-electron chi connectivity index (χ0n) is 17.8. The van der Waals surface area contributed by atoms with Crippen molar-refractivity contribution in [3.8, 4) is 0 Å². The molecule has 0 unspecified atom stereocenters. The minimum absolute atomic E-state index is 0.0233. The lowest BCUT2D eigenvalue weighted by atomic mass is 10.1. The van der Waals surface area contributed by atoms with E-state index in [0.29, 0.717) is 24.2 Å². The van der Waals surface area contributed by atoms with Crippen LogP contribution < -0.4 is 0 Å². The molecule has 0 aromatic heterocycles. The summed E-state index contributed by atoms with van der Waals surface area (Å²) in [6.45, 7) is 0.493. The first kappa shape index (κ1) is 23.4. The van der Waals surface area contributed by atoms with E-state index in [1.807, 2.05) is 0 Å². The molecule has 0 saturated carbocycles. The number of halogens is 1. The van der Waals surface area contributed by atoms with Crippen LogP contribution in [-0.4, -0.2) is 61.6 Å². The Labute approximate surface area is 197 Å². The van der Waals surface area contributed by atoms with E-state index in [4.69, 9.17) is 16.3 Å². The number of ether oxygens (including phenoxy) is 1. The van der Waals surface area contributed by atoms with Crippen LogP contribution >= 0.6 is 11.6 Å². The van der Waals surface area contributed by atoms with E-state index in [-0.39, 0.29) is 28.6 Å². The summed E-state index contributed by atoms with van der Waals surface area (Å²) in [6, 6.07) is 10.4. The largest absolute Gasteiger partial charge is 0.460 e. The molecule has 10 heteroatoms. The molecule has 0 atom stereocenters. The highest BCUT2D eigenvalue weighted by molar-refractivity contribution is 7.89. The van der Waals surface area contributed by atoms with Gasteiger partial charge in [0, 0.05) is 13.1 Å². The molecule has 0 bridgehead atoms. The zero-order valence-corrected chi connectivity index (χ0v) is 19.4. The van der Waals surface area contributed by atoms with Gasteiger partial charge in [0.15, 0.2) is 0 Å². The van der Waals surface area contributed by atoms with Gasteiger partial charge in [-0.3, -0.25) is 14.5 Å². The van der Waals surface area contributed by atoms with E-state index in [0.717, 1.165) is 30.6 Å². The molecule has 0 aliphatic carbocycles. The fourth-order valence-electron chi connectivity index (χ4n) is 4.00. The highest BCUT2D eigenvalue weighted by atomic mass is 35.5. The molecule has 0 radical (unpaired) electrons. The molecule has 2 aromatic rings. The van der Waals surface area contributed by atoms with Gasteiger partial charge in [0.1, 0.15) is 11.5 Å². The maximum Gasteiger partial charge on any atom is 0.338 e. The molecular formula is C23H23ClN2O6S. The zero-order chi connectivity index (χ0) is 23.6. The Kier molecular flexibility index (Phi) is 6.83. The van der Waals surface area contributed by atoms with Crippen LogP contribution in [0, 0.1) is 0 Å². The molecule has 2 heterocycles. The van der Waals surface area contributed by atoms with E-state index < -0.39 is 27.8 Å². The SMILES string of the molecule is O=C(OCCN1C(=O)c2ccccc2C1=O)c1ccc(Cl)c(S(=O)(=O)N2CCCCCC2)c1. The van der Waals surface area contributed by atoms with E-state index in [9.17, 15) is 22.8 Å². The van der Waals surface area contributed by atoms with Crippen molar-refractivity contribution < 1.29 is 27.5 Å². The van der Waals surface area contributed by atoms with Crippen molar-refractivity contribution in [3.63, 3.8) is 0 Å². The third kappa shape index (κ3) is 4.66. The quantitative estimate of drug-likeness (QED) is 0.454. The summed E-state index contributed by atoms with van der Waals surface area (Å²) in [4.78, 5) is 38.2. The first-order valence-corrected chi connectivity index (χ1v) is 12.5. The van der Waals surface area contributed by atoms with Crippen LogP contribution in [0.3, 0.4) is 0 Å². The molecule has 1 saturated heterocycles. The number of nitrogens with zero attached hydrogens (tertiary/aromatic N) is 2. The molecule has 174 valence electrons. The Hall–Kier alpha value is -2.75. The van der Waals surface area contributed by atoms with Crippen molar-refractivity contribution in [1.29, 1.82) is 0 Å². The third-order valence-corrected chi connectivity index (χ3v) is 8.16. The highest BCUT2D eigenvalue weighted by Gasteiger charge is 2.35. The molecule has 2 aromatic carbocycles. The van der Waals surface area contributed by atoms with Crippen molar-refractivity contribution in [3.05, 3.63) is 64.2 Å². The van der Waals surface area contributed by atoms with Gasteiger partial charge in [0.25, 0.3) is 11.8 Å². The van der Waals surface area contributed by atoms with Gasteiger partial charge in [-0.2, -0.15) is 4.31 Å². The molecular weight excluding hydrogens is 468 g/mol. The molecule has 0 spiro atoms. The second-order valence-electron chi connectivity index (χ2n) is 7.91. The normalized spacial score (nSPS) is 17.1. The first-order chi connectivity index (χ1) is 15.8. The van der Waals surface area contributed by atoms with Gasteiger partial charge in [0.2, 0.25) is 10.0 Å². The monoisotopic (exact) mass is 490 g/mol. The Morgan fingerprint density at radius 3 is 2.15 bits per heavy atom. The molecule has 2 aliphatic rings. The Morgan fingerprint density at radius 1 is 0.939 bits per heavy atom. The van der Waals surface area contributed by atoms with Gasteiger partial charge < -0.3 is 4.74 Å². The lowest BCUT2D eigenvalue weighted by Gasteiger charge is -2.21. The summed E-state index contributed by atoms with van der Waals surface area (Å²) in [6.07, 6.45) is 3.49. The second-order valence-corrected chi connectivity index (χ2v) is 10.2. The molecule has 33 heavy (non-hydrogen) atoms. The van der Waals surface area contributed by atoms with Crippen molar-refractivity contribution in [1.82, 2.24) is 9.21 Å². The van der Waals surface area contributed by atoms with Crippen LogP contribution in [0.4, 0.5) is 0 Å². The van der Waals surface area contributed by atoms with Gasteiger partial charge in [0.05, 0.1) is 28.3 Å². The highest BCUT2D eigenvalue weighted by Crippen LogP contribution is 2.28. The number of carbonyl (C=O) groups is 3. The van der Waals surface area contributed by atoms with Gasteiger partial charge in [-0.25, -0.2) is 13.2 Å². The average molecular weight is 491 g/mol. The maximum absolute atomic E-state index is 13.1. The number of amides is 2. The van der Waals surface area contributed by atoms with Gasteiger partial charge in [-0.15, -0.1) is 0 Å². The smallest absolute Gasteiger partial charge is 0.338 e. The summed E-state index contributed by atoms with van der Waals surface area (Å²) in [5.41, 5.74) is 0.653. The number of imide groups is 1. The molecule has 2 amide bonds. The Bertz CT molecular complexity index is 1170. The van der Waals surface area contributed by atoms with Crippen LogP contribution in [0.5, 0.6) is 0 Å². The van der Waals surface area contributed by atoms with E-state index in [1.165, 1.54) is 22.5 Å². The number of benzene rings is 2. The average Bonchev–Trinajstić information content (AvgIpc) is 3.00. The predicted octanol–water partition coefficient (Wildman–Crippen LogP) is 3.36. The summed E-state index contributed by atoms with van der Waals surface area (Å²) >= 11 is 6.17. The van der Waals surface area contributed by atoms with E-state index in [2.05, 4.69) is 0 Å². The summed E-state index contributed by atoms with van der Waals surface area (Å²) in [5.74, 6) is -1.65. The van der Waals surface area contributed by atoms with Gasteiger partial charge >= 0.3 is 5.97 Å². The standard InChI is InChI=1S/C23H23ClN2O6S/c24-19-10-9-16(15-20(19)33(30,31)25-11-5-1-2-6-12-25)23(29)32-14-13-26-21(27)17-7-3-4-8-18(17)22(26)28/h3-4,7-10,15H,1-2,5-6,11-14H2. The number of hydrogen-bond donors (Lipinski definition) is 0. The number of sulfonamides is 1. The minimum atomic E-state index is -3.85. The lowest BCUT2D eigenvalue weighted by Crippen LogP contribution is -2.33. The Morgan fingerprint density at radius 2 is 1.55 bits per heavy atom. The number of hydrogen-bond acceptors (Lipinski definition) is 6. The molecule has 4 rings (SSSR count). The molecule has 8 nitrogen and oxygen atoms in total. The van der Waals surface area contributed by atoms with Crippen molar-refractivity contribution >= 4 is 39.4 Å². The van der Waals surface area contributed by atoms with Crippen molar-refractivity contribution in [2.45, 2.75) is 30.6 Å². The number of carbonyl (C=O) groups excluding carboxylic acids is 3. The van der Waals surface area contributed by atoms with Crippen molar-refractivity contribution in [2.75, 3.05) is 26.2 Å². The molecule has 1 fully saturated rings. The number of rotatable bonds is 6. The summed E-state index contributed by atoms with van der Waals surface area (Å²) in [5, 5.41) is 0.0295.